The number of nitrogens with zero attached hydrogens (tertiary/aromatic N) is 1. The molecule has 0 amide bonds. The van der Waals surface area contributed by atoms with Crippen LogP contribution in [-0.4, -0.2) is 37.7 Å². The van der Waals surface area contributed by atoms with Crippen LogP contribution in [0.25, 0.3) is 0 Å². The molecule has 110 valence electrons. The first-order valence-corrected chi connectivity index (χ1v) is 7.94. The van der Waals surface area contributed by atoms with Crippen LogP contribution in [0.3, 0.4) is 0 Å². The van der Waals surface area contributed by atoms with Gasteiger partial charge in [-0.15, -0.1) is 0 Å². The molecule has 3 heteroatoms. The largest absolute Gasteiger partial charge is 0.493 e. The summed E-state index contributed by atoms with van der Waals surface area (Å²) in [5.41, 5.74) is 2.87. The molecule has 0 aromatic heterocycles. The lowest BCUT2D eigenvalue weighted by Crippen LogP contribution is -2.45. The highest BCUT2D eigenvalue weighted by atomic mass is 16.5. The van der Waals surface area contributed by atoms with Gasteiger partial charge in [0, 0.05) is 38.6 Å². The maximum Gasteiger partial charge on any atom is 0.122 e. The van der Waals surface area contributed by atoms with E-state index in [-0.39, 0.29) is 0 Å². The summed E-state index contributed by atoms with van der Waals surface area (Å²) >= 11 is 0. The lowest BCUT2D eigenvalue weighted by molar-refractivity contribution is 0.154. The van der Waals surface area contributed by atoms with E-state index in [0.29, 0.717) is 6.04 Å². The van der Waals surface area contributed by atoms with Gasteiger partial charge >= 0.3 is 0 Å². The average molecular weight is 274 g/mol. The Balaban J connectivity index is 1.83. The van der Waals surface area contributed by atoms with Crippen LogP contribution in [0.15, 0.2) is 18.2 Å². The number of nitrogens with one attached hydrogen (secondary N) is 1. The molecule has 1 aromatic carbocycles. The van der Waals surface area contributed by atoms with Crippen LogP contribution in [-0.2, 0) is 6.42 Å². The first kappa shape index (κ1) is 13.9. The number of hydrogen-bond donors (Lipinski definition) is 1. The Kier molecular flexibility index (Phi) is 4.27. The summed E-state index contributed by atoms with van der Waals surface area (Å²) in [7, 11) is 0. The van der Waals surface area contributed by atoms with Crippen LogP contribution in [0.5, 0.6) is 5.75 Å². The topological polar surface area (TPSA) is 24.5 Å². The quantitative estimate of drug-likeness (QED) is 0.913. The fourth-order valence-corrected chi connectivity index (χ4v) is 3.35. The van der Waals surface area contributed by atoms with Crippen molar-refractivity contribution in [3.05, 3.63) is 29.3 Å². The summed E-state index contributed by atoms with van der Waals surface area (Å²) in [6, 6.07) is 7.40. The van der Waals surface area contributed by atoms with Crippen molar-refractivity contribution in [1.29, 1.82) is 0 Å². The molecule has 1 saturated heterocycles. The Morgan fingerprint density at radius 2 is 2.05 bits per heavy atom. The van der Waals surface area contributed by atoms with Crippen molar-refractivity contribution in [3.8, 4) is 5.75 Å². The van der Waals surface area contributed by atoms with E-state index >= 15 is 0 Å². The van der Waals surface area contributed by atoms with Gasteiger partial charge < -0.3 is 10.1 Å². The van der Waals surface area contributed by atoms with E-state index < -0.39 is 0 Å². The Hall–Kier alpha value is -1.06. The summed E-state index contributed by atoms with van der Waals surface area (Å²) in [5, 5.41) is 3.45. The van der Waals surface area contributed by atoms with E-state index in [0.717, 1.165) is 50.9 Å². The zero-order valence-electron chi connectivity index (χ0n) is 12.7. The van der Waals surface area contributed by atoms with Gasteiger partial charge in [0.25, 0.3) is 0 Å². The molecule has 3 nitrogen and oxygen atoms in total. The highest BCUT2D eigenvalue weighted by Crippen LogP contribution is 2.33. The van der Waals surface area contributed by atoms with Gasteiger partial charge in [-0.25, -0.2) is 0 Å². The van der Waals surface area contributed by atoms with Gasteiger partial charge in [0.05, 0.1) is 6.61 Å². The molecule has 1 N–H and O–H groups in total. The number of benzene rings is 1. The van der Waals surface area contributed by atoms with Crippen molar-refractivity contribution in [2.24, 2.45) is 5.92 Å². The third-order valence-electron chi connectivity index (χ3n) is 4.39. The van der Waals surface area contributed by atoms with Crippen molar-refractivity contribution in [2.75, 3.05) is 32.8 Å². The van der Waals surface area contributed by atoms with Crippen molar-refractivity contribution in [2.45, 2.75) is 32.7 Å². The first-order chi connectivity index (χ1) is 9.74. The zero-order chi connectivity index (χ0) is 13.9. The molecule has 0 unspecified atom stereocenters. The fraction of sp³-hybridized carbons (Fsp3) is 0.647. The normalized spacial score (nSPS) is 20.8. The molecule has 0 bridgehead atoms. The molecular formula is C17H26N2O. The highest BCUT2D eigenvalue weighted by molar-refractivity contribution is 5.40. The summed E-state index contributed by atoms with van der Waals surface area (Å²) in [6.07, 6.45) is 2.30. The van der Waals surface area contributed by atoms with E-state index in [1.165, 1.54) is 17.5 Å². The second kappa shape index (κ2) is 6.15. The summed E-state index contributed by atoms with van der Waals surface area (Å²) < 4.78 is 5.64. The van der Waals surface area contributed by atoms with Gasteiger partial charge in [-0.05, 0) is 29.5 Å². The van der Waals surface area contributed by atoms with Crippen molar-refractivity contribution < 1.29 is 4.74 Å². The molecule has 1 aromatic rings. The molecule has 1 atom stereocenters. The SMILES string of the molecule is CC(C)C[C@@H](c1ccc2c(c1)CCO2)N1CCNCC1. The average Bonchev–Trinajstić information content (AvgIpc) is 2.93. The third kappa shape index (κ3) is 2.99. The van der Waals surface area contributed by atoms with E-state index in [4.69, 9.17) is 4.74 Å². The van der Waals surface area contributed by atoms with E-state index in [1.54, 1.807) is 0 Å². The highest BCUT2D eigenvalue weighted by Gasteiger charge is 2.24. The van der Waals surface area contributed by atoms with Crippen molar-refractivity contribution in [1.82, 2.24) is 10.2 Å². The van der Waals surface area contributed by atoms with Crippen LogP contribution in [0, 0.1) is 5.92 Å². The monoisotopic (exact) mass is 274 g/mol. The maximum absolute atomic E-state index is 5.64. The summed E-state index contributed by atoms with van der Waals surface area (Å²) in [4.78, 5) is 2.65. The molecule has 0 aliphatic carbocycles. The van der Waals surface area contributed by atoms with Gasteiger partial charge in [0.1, 0.15) is 5.75 Å². The number of ether oxygens (including phenoxy) is 1. The minimum atomic E-state index is 0.558. The number of rotatable bonds is 4. The second-order valence-corrected chi connectivity index (χ2v) is 6.40. The second-order valence-electron chi connectivity index (χ2n) is 6.40. The lowest BCUT2D eigenvalue weighted by Gasteiger charge is -2.36. The van der Waals surface area contributed by atoms with Gasteiger partial charge in [-0.1, -0.05) is 26.0 Å². The van der Waals surface area contributed by atoms with Gasteiger partial charge in [-0.3, -0.25) is 4.90 Å². The molecule has 0 spiro atoms. The van der Waals surface area contributed by atoms with Crippen LogP contribution >= 0.6 is 0 Å². The maximum atomic E-state index is 5.64. The van der Waals surface area contributed by atoms with Gasteiger partial charge in [0.15, 0.2) is 0 Å². The molecule has 3 rings (SSSR count). The fourth-order valence-electron chi connectivity index (χ4n) is 3.35. The molecule has 2 aliphatic rings. The lowest BCUT2D eigenvalue weighted by atomic mass is 9.93. The zero-order valence-corrected chi connectivity index (χ0v) is 12.7. The number of hydrogen-bond acceptors (Lipinski definition) is 3. The van der Waals surface area contributed by atoms with Crippen LogP contribution < -0.4 is 10.1 Å². The minimum Gasteiger partial charge on any atom is -0.493 e. The minimum absolute atomic E-state index is 0.558. The predicted octanol–water partition coefficient (Wildman–Crippen LogP) is 2.61. The Labute approximate surface area is 122 Å². The molecule has 2 heterocycles. The predicted molar refractivity (Wildman–Crippen MR) is 82.3 cm³/mol. The van der Waals surface area contributed by atoms with Crippen molar-refractivity contribution in [3.63, 3.8) is 0 Å². The Morgan fingerprint density at radius 1 is 1.25 bits per heavy atom. The third-order valence-corrected chi connectivity index (χ3v) is 4.39. The Bertz CT molecular complexity index is 452. The van der Waals surface area contributed by atoms with Gasteiger partial charge in [-0.2, -0.15) is 0 Å². The Morgan fingerprint density at radius 3 is 2.80 bits per heavy atom. The van der Waals surface area contributed by atoms with E-state index in [1.807, 2.05) is 0 Å². The molecule has 20 heavy (non-hydrogen) atoms. The van der Waals surface area contributed by atoms with Crippen LogP contribution in [0.1, 0.15) is 37.4 Å². The molecule has 0 radical (unpaired) electrons. The smallest absolute Gasteiger partial charge is 0.122 e. The number of piperazine rings is 1. The molecular weight excluding hydrogens is 248 g/mol. The van der Waals surface area contributed by atoms with Crippen molar-refractivity contribution >= 4 is 0 Å². The van der Waals surface area contributed by atoms with E-state index in [2.05, 4.69) is 42.3 Å². The van der Waals surface area contributed by atoms with Crippen LogP contribution in [0.4, 0.5) is 0 Å². The standard InChI is InChI=1S/C17H26N2O/c1-13(2)11-16(19-8-6-18-7-9-19)14-3-4-17-15(12-14)5-10-20-17/h3-4,12-13,16,18H,5-11H2,1-2H3/t16-/m0/s1. The number of fused-ring (bicyclic) bond motifs is 1. The first-order valence-electron chi connectivity index (χ1n) is 7.94. The molecule has 0 saturated carbocycles. The van der Waals surface area contributed by atoms with Gasteiger partial charge in [0.2, 0.25) is 0 Å². The molecule has 1 fully saturated rings. The van der Waals surface area contributed by atoms with E-state index in [9.17, 15) is 0 Å². The summed E-state index contributed by atoms with van der Waals surface area (Å²) in [6.45, 7) is 10.0. The molecule has 2 aliphatic heterocycles. The summed E-state index contributed by atoms with van der Waals surface area (Å²) in [5.74, 6) is 1.82. The van der Waals surface area contributed by atoms with Crippen LogP contribution in [0.2, 0.25) is 0 Å².